The number of hydrogen-bond donors (Lipinski definition) is 0. The van der Waals surface area contributed by atoms with Crippen LogP contribution >= 0.6 is 11.6 Å². The Morgan fingerprint density at radius 2 is 2.10 bits per heavy atom. The number of rotatable bonds is 4. The number of fused-ring (bicyclic) bond motifs is 2. The second-order valence-corrected chi connectivity index (χ2v) is 6.75. The lowest BCUT2D eigenvalue weighted by Gasteiger charge is -2.28. The zero-order valence-electron chi connectivity index (χ0n) is 15.4. The molecule has 13 heteroatoms. The van der Waals surface area contributed by atoms with Crippen molar-refractivity contribution in [3.63, 3.8) is 0 Å². The van der Waals surface area contributed by atoms with Gasteiger partial charge < -0.3 is 14.1 Å². The van der Waals surface area contributed by atoms with Gasteiger partial charge in [-0.2, -0.15) is 5.10 Å². The molecular formula is C18H11ClF4N3O5. The minimum atomic E-state index is -3.85. The topological polar surface area (TPSA) is 86.8 Å². The Morgan fingerprint density at radius 1 is 1.35 bits per heavy atom. The van der Waals surface area contributed by atoms with Crippen LogP contribution in [0.5, 0.6) is 5.75 Å². The minimum Gasteiger partial charge on any atom is -0.451 e. The van der Waals surface area contributed by atoms with Crippen LogP contribution in [0.25, 0.3) is 11.0 Å². The highest BCUT2D eigenvalue weighted by molar-refractivity contribution is 6.33. The lowest BCUT2D eigenvalue weighted by Crippen LogP contribution is -2.37. The predicted octanol–water partition coefficient (Wildman–Crippen LogP) is 3.71. The summed E-state index contributed by atoms with van der Waals surface area (Å²) >= 11 is 5.91. The Labute approximate surface area is 175 Å². The first-order valence-corrected chi connectivity index (χ1v) is 8.91. The molecule has 3 heterocycles. The number of aromatic nitrogens is 2. The van der Waals surface area contributed by atoms with Gasteiger partial charge in [0.05, 0.1) is 16.6 Å². The number of ether oxygens (including phenoxy) is 2. The number of halogens is 5. The van der Waals surface area contributed by atoms with Gasteiger partial charge in [0.15, 0.2) is 16.5 Å². The highest BCUT2D eigenvalue weighted by atomic mass is 35.5. The molecule has 1 radical (unpaired) electrons. The Morgan fingerprint density at radius 3 is 2.81 bits per heavy atom. The van der Waals surface area contributed by atoms with Crippen LogP contribution in [0, 0.1) is 6.61 Å². The normalized spacial score (nSPS) is 15.1. The first-order valence-electron chi connectivity index (χ1n) is 8.53. The highest BCUT2D eigenvalue weighted by Crippen LogP contribution is 2.39. The number of carbonyl (C=O) groups is 1. The van der Waals surface area contributed by atoms with Crippen molar-refractivity contribution in [1.29, 1.82) is 0 Å². The maximum absolute atomic E-state index is 13.3. The van der Waals surface area contributed by atoms with Crippen molar-refractivity contribution in [2.75, 3.05) is 11.9 Å². The maximum Gasteiger partial charge on any atom is 0.535 e. The van der Waals surface area contributed by atoms with E-state index in [1.54, 1.807) is 0 Å². The van der Waals surface area contributed by atoms with Gasteiger partial charge in [-0.3, -0.25) is 14.3 Å². The third-order valence-electron chi connectivity index (χ3n) is 4.43. The van der Waals surface area contributed by atoms with Gasteiger partial charge >= 0.3 is 6.29 Å². The van der Waals surface area contributed by atoms with Crippen LogP contribution in [0.15, 0.2) is 33.5 Å². The molecule has 3 aromatic rings. The minimum absolute atomic E-state index is 0.0782. The fraction of sp³-hybridized carbons (Fsp3) is 0.222. The number of benzene rings is 1. The monoisotopic (exact) mass is 460 g/mol. The van der Waals surface area contributed by atoms with Gasteiger partial charge in [-0.05, 0) is 18.2 Å². The lowest BCUT2D eigenvalue weighted by molar-refractivity contribution is -0.344. The smallest absolute Gasteiger partial charge is 0.451 e. The van der Waals surface area contributed by atoms with E-state index >= 15 is 0 Å². The van der Waals surface area contributed by atoms with E-state index in [4.69, 9.17) is 16.0 Å². The molecule has 1 aliphatic heterocycles. The van der Waals surface area contributed by atoms with Crippen molar-refractivity contribution < 1.29 is 36.2 Å². The van der Waals surface area contributed by atoms with Gasteiger partial charge in [0.1, 0.15) is 18.9 Å². The second kappa shape index (κ2) is 7.54. The molecule has 0 N–H and O–H groups in total. The van der Waals surface area contributed by atoms with Crippen LogP contribution in [-0.2, 0) is 16.1 Å². The summed E-state index contributed by atoms with van der Waals surface area (Å²) in [6, 6.07) is 4.93. The quantitative estimate of drug-likeness (QED) is 0.552. The van der Waals surface area contributed by atoms with Gasteiger partial charge in [-0.15, -0.1) is 8.78 Å². The fourth-order valence-electron chi connectivity index (χ4n) is 2.95. The molecule has 1 amide bonds. The third-order valence-corrected chi connectivity index (χ3v) is 4.68. The molecule has 4 rings (SSSR count). The van der Waals surface area contributed by atoms with Crippen LogP contribution in [-0.4, -0.2) is 29.0 Å². The van der Waals surface area contributed by atoms with Gasteiger partial charge in [0.2, 0.25) is 5.91 Å². The predicted molar refractivity (Wildman–Crippen MR) is 98.1 cm³/mol. The van der Waals surface area contributed by atoms with Gasteiger partial charge in [-0.25, -0.2) is 13.5 Å². The molecule has 0 saturated carbocycles. The number of hydrogen-bond acceptors (Lipinski definition) is 6. The molecule has 1 aliphatic rings. The van der Waals surface area contributed by atoms with Gasteiger partial charge in [-0.1, -0.05) is 17.7 Å². The summed E-state index contributed by atoms with van der Waals surface area (Å²) in [5, 5.41) is 3.08. The molecule has 0 bridgehead atoms. The summed E-state index contributed by atoms with van der Waals surface area (Å²) in [6.45, 7) is 0.129. The van der Waals surface area contributed by atoms with Crippen molar-refractivity contribution in [3.8, 4) is 5.75 Å². The summed E-state index contributed by atoms with van der Waals surface area (Å²) in [5.41, 5.74) is -0.957. The highest BCUT2D eigenvalue weighted by Gasteiger charge is 2.40. The van der Waals surface area contributed by atoms with Crippen LogP contribution in [0.2, 0.25) is 5.15 Å². The Bertz CT molecular complexity index is 1240. The van der Waals surface area contributed by atoms with Crippen LogP contribution in [0.3, 0.4) is 0 Å². The van der Waals surface area contributed by atoms with Crippen LogP contribution in [0.4, 0.5) is 23.2 Å². The maximum atomic E-state index is 13.3. The summed E-state index contributed by atoms with van der Waals surface area (Å²) in [7, 11) is 1.33. The van der Waals surface area contributed by atoms with E-state index in [1.165, 1.54) is 25.2 Å². The standard InChI is InChI=1S/C18H11ClF4N3O5/c1-25(10-3-2-4-11-9(10)7-29-18(22,23)31-11)13(27)6-26-17(28)8-5-12(16(20)21)30-14(8)15(19)24-26/h2-5,7,16H,6H2,1H3. The average molecular weight is 461 g/mol. The molecule has 163 valence electrons. The van der Waals surface area contributed by atoms with E-state index in [-0.39, 0.29) is 33.1 Å². The van der Waals surface area contributed by atoms with E-state index < -0.39 is 36.5 Å². The molecular weight excluding hydrogens is 450 g/mol. The summed E-state index contributed by atoms with van der Waals surface area (Å²) in [5.74, 6) is -1.67. The number of alkyl halides is 4. The fourth-order valence-corrected chi connectivity index (χ4v) is 3.18. The van der Waals surface area contributed by atoms with E-state index in [0.29, 0.717) is 4.68 Å². The Kier molecular flexibility index (Phi) is 5.13. The second-order valence-electron chi connectivity index (χ2n) is 6.39. The largest absolute Gasteiger partial charge is 0.535 e. The summed E-state index contributed by atoms with van der Waals surface area (Å²) in [6.07, 6.45) is -6.82. The molecule has 0 saturated heterocycles. The molecule has 2 aromatic heterocycles. The first kappa shape index (κ1) is 21.1. The average Bonchev–Trinajstić information content (AvgIpc) is 3.16. The zero-order valence-corrected chi connectivity index (χ0v) is 16.2. The zero-order chi connectivity index (χ0) is 22.5. The van der Waals surface area contributed by atoms with E-state index in [1.807, 2.05) is 0 Å². The van der Waals surface area contributed by atoms with Crippen molar-refractivity contribution in [2.45, 2.75) is 19.3 Å². The number of likely N-dealkylation sites (N-methyl/N-ethyl adjacent to an activating group) is 1. The number of carbonyl (C=O) groups excluding carboxylic acids is 1. The van der Waals surface area contributed by atoms with Crippen molar-refractivity contribution in [1.82, 2.24) is 9.78 Å². The van der Waals surface area contributed by atoms with Gasteiger partial charge in [0, 0.05) is 7.05 Å². The molecule has 0 fully saturated rings. The van der Waals surface area contributed by atoms with E-state index in [2.05, 4.69) is 14.6 Å². The molecule has 0 aliphatic carbocycles. The van der Waals surface area contributed by atoms with Crippen molar-refractivity contribution in [3.05, 3.63) is 57.7 Å². The third kappa shape index (κ3) is 3.83. The van der Waals surface area contributed by atoms with Crippen LogP contribution in [0.1, 0.15) is 17.7 Å². The molecule has 0 unspecified atom stereocenters. The molecule has 1 aromatic carbocycles. The van der Waals surface area contributed by atoms with Gasteiger partial charge in [0.25, 0.3) is 12.0 Å². The summed E-state index contributed by atoms with van der Waals surface area (Å²) in [4.78, 5) is 26.4. The molecule has 8 nitrogen and oxygen atoms in total. The summed E-state index contributed by atoms with van der Waals surface area (Å²) < 4.78 is 66.4. The number of furan rings is 1. The first-order chi connectivity index (χ1) is 14.6. The van der Waals surface area contributed by atoms with E-state index in [9.17, 15) is 27.2 Å². The van der Waals surface area contributed by atoms with Crippen LogP contribution < -0.4 is 15.2 Å². The Hall–Kier alpha value is -3.12. The van der Waals surface area contributed by atoms with Crippen molar-refractivity contribution in [2.24, 2.45) is 0 Å². The number of nitrogens with zero attached hydrogens (tertiary/aromatic N) is 3. The molecule has 0 spiro atoms. The lowest BCUT2D eigenvalue weighted by atomic mass is 10.1. The number of amides is 1. The van der Waals surface area contributed by atoms with E-state index in [0.717, 1.165) is 17.6 Å². The number of anilines is 1. The molecule has 31 heavy (non-hydrogen) atoms. The molecule has 0 atom stereocenters. The SMILES string of the molecule is CN(C(=O)Cn1nc(Cl)c2oc(C(F)F)cc2c1=O)c1cccc2c1[CH]OC(F)(F)O2. The Balaban J connectivity index is 1.64. The van der Waals surface area contributed by atoms with Crippen molar-refractivity contribution >= 4 is 34.2 Å².